The lowest BCUT2D eigenvalue weighted by Crippen LogP contribution is -2.13. The number of Topliss-reactive ketones (excluding diaryl/α,β-unsaturated/α-hetero) is 1. The summed E-state index contributed by atoms with van der Waals surface area (Å²) >= 11 is 0. The minimum atomic E-state index is -0.778. The van der Waals surface area contributed by atoms with Crippen LogP contribution in [0.15, 0.2) is 5.10 Å². The lowest BCUT2D eigenvalue weighted by molar-refractivity contribution is -0.133. The summed E-state index contributed by atoms with van der Waals surface area (Å²) in [5, 5.41) is 3.05. The molecule has 0 N–H and O–H groups in total. The zero-order chi connectivity index (χ0) is 5.28. The zero-order valence-corrected chi connectivity index (χ0v) is 3.29. The van der Waals surface area contributed by atoms with Crippen LogP contribution in [-0.2, 0) is 9.59 Å². The number of rotatable bonds is 0. The molecule has 35 valence electrons. The molecule has 0 saturated heterocycles. The van der Waals surface area contributed by atoms with Crippen LogP contribution in [0, 0.1) is 0 Å². The standard InChI is InChI=1S/C3HN2O2/c6-2-1-4-5-3(2)7/h1H. The third kappa shape index (κ3) is 0.489. The van der Waals surface area contributed by atoms with Crippen molar-refractivity contribution in [1.82, 2.24) is 5.43 Å². The number of carbonyl (C=O) groups is 2. The van der Waals surface area contributed by atoms with Crippen LogP contribution in [0.1, 0.15) is 0 Å². The van der Waals surface area contributed by atoms with Gasteiger partial charge in [-0.05, 0) is 0 Å². The predicted molar refractivity (Wildman–Crippen MR) is 20.6 cm³/mol. The van der Waals surface area contributed by atoms with E-state index in [9.17, 15) is 9.59 Å². The van der Waals surface area contributed by atoms with Gasteiger partial charge in [-0.3, -0.25) is 9.59 Å². The molecule has 1 aliphatic heterocycles. The monoisotopic (exact) mass is 97.0 g/mol. The first-order valence-electron chi connectivity index (χ1n) is 1.63. The Hall–Kier alpha value is -1.19. The smallest absolute Gasteiger partial charge is 0.282 e. The van der Waals surface area contributed by atoms with Gasteiger partial charge >= 0.3 is 5.91 Å². The lowest BCUT2D eigenvalue weighted by Gasteiger charge is -1.70. The van der Waals surface area contributed by atoms with Crippen molar-refractivity contribution >= 4 is 17.9 Å². The molecule has 4 heteroatoms. The highest BCUT2D eigenvalue weighted by molar-refractivity contribution is 6.60. The number of hydrogen-bond acceptors (Lipinski definition) is 3. The van der Waals surface area contributed by atoms with Gasteiger partial charge in [-0.15, -0.1) is 5.43 Å². The fourth-order valence-corrected chi connectivity index (χ4v) is 0.238. The largest absolute Gasteiger partial charge is 0.337 e. The molecule has 1 amide bonds. The van der Waals surface area contributed by atoms with E-state index in [0.717, 1.165) is 6.21 Å². The Bertz CT molecular complexity index is 149. The molecule has 1 aliphatic rings. The average molecular weight is 97.1 g/mol. The highest BCUT2D eigenvalue weighted by Gasteiger charge is 2.16. The molecule has 0 fully saturated rings. The summed E-state index contributed by atoms with van der Waals surface area (Å²) < 4.78 is 0. The van der Waals surface area contributed by atoms with Crippen LogP contribution in [-0.4, -0.2) is 17.9 Å². The molecule has 7 heavy (non-hydrogen) atoms. The number of carbonyl (C=O) groups excluding carboxylic acids is 2. The van der Waals surface area contributed by atoms with Crippen LogP contribution in [0.25, 0.3) is 0 Å². The molecule has 1 rings (SSSR count). The Morgan fingerprint density at radius 3 is 2.29 bits per heavy atom. The van der Waals surface area contributed by atoms with Crippen LogP contribution in [0.4, 0.5) is 0 Å². The predicted octanol–water partition coefficient (Wildman–Crippen LogP) is -1.31. The van der Waals surface area contributed by atoms with Gasteiger partial charge in [0.15, 0.2) is 0 Å². The van der Waals surface area contributed by atoms with Gasteiger partial charge < -0.3 is 0 Å². The Balaban J connectivity index is 2.81. The van der Waals surface area contributed by atoms with Gasteiger partial charge in [-0.25, -0.2) is 0 Å². The maximum Gasteiger partial charge on any atom is 0.337 e. The summed E-state index contributed by atoms with van der Waals surface area (Å²) in [6, 6.07) is 0. The topological polar surface area (TPSA) is 60.6 Å². The maximum atomic E-state index is 9.98. The molecule has 0 aromatic carbocycles. The lowest BCUT2D eigenvalue weighted by atomic mass is 10.4. The van der Waals surface area contributed by atoms with E-state index >= 15 is 0 Å². The van der Waals surface area contributed by atoms with Crippen LogP contribution >= 0.6 is 0 Å². The molecule has 0 atom stereocenters. The van der Waals surface area contributed by atoms with Crippen molar-refractivity contribution in [2.75, 3.05) is 0 Å². The fourth-order valence-electron chi connectivity index (χ4n) is 0.238. The fraction of sp³-hybridized carbons (Fsp3) is 0. The van der Waals surface area contributed by atoms with Crippen LogP contribution < -0.4 is 5.43 Å². The molecule has 1 radical (unpaired) electrons. The van der Waals surface area contributed by atoms with E-state index in [1.165, 1.54) is 0 Å². The Morgan fingerprint density at radius 2 is 2.14 bits per heavy atom. The van der Waals surface area contributed by atoms with Crippen molar-refractivity contribution in [3.05, 3.63) is 0 Å². The summed E-state index contributed by atoms with van der Waals surface area (Å²) in [6.07, 6.45) is 0.891. The second kappa shape index (κ2) is 1.14. The molecule has 0 aliphatic carbocycles. The normalized spacial score (nSPS) is 17.7. The summed E-state index contributed by atoms with van der Waals surface area (Å²) in [5.74, 6) is -1.42. The van der Waals surface area contributed by atoms with E-state index in [2.05, 4.69) is 10.5 Å². The third-order valence-corrected chi connectivity index (χ3v) is 0.534. The first kappa shape index (κ1) is 3.98. The van der Waals surface area contributed by atoms with Gasteiger partial charge in [-0.1, -0.05) is 0 Å². The van der Waals surface area contributed by atoms with E-state index in [1.54, 1.807) is 0 Å². The van der Waals surface area contributed by atoms with Crippen molar-refractivity contribution in [3.8, 4) is 0 Å². The highest BCUT2D eigenvalue weighted by atomic mass is 16.2. The average Bonchev–Trinajstić information content (AvgIpc) is 1.91. The first-order chi connectivity index (χ1) is 3.30. The summed E-state index contributed by atoms with van der Waals surface area (Å²) in [4.78, 5) is 19.9. The SMILES string of the molecule is O=C1C=N[N]C1=O. The molecular formula is C3HN2O2. The van der Waals surface area contributed by atoms with E-state index in [4.69, 9.17) is 0 Å². The minimum Gasteiger partial charge on any atom is -0.282 e. The second-order valence-electron chi connectivity index (χ2n) is 1.01. The third-order valence-electron chi connectivity index (χ3n) is 0.534. The highest BCUT2D eigenvalue weighted by Crippen LogP contribution is 1.78. The molecule has 1 heterocycles. The van der Waals surface area contributed by atoms with E-state index < -0.39 is 11.7 Å². The molecule has 0 unspecified atom stereocenters. The molecule has 0 bridgehead atoms. The van der Waals surface area contributed by atoms with E-state index in [-0.39, 0.29) is 0 Å². The van der Waals surface area contributed by atoms with Crippen molar-refractivity contribution < 1.29 is 9.59 Å². The number of nitrogens with zero attached hydrogens (tertiary/aromatic N) is 2. The Morgan fingerprint density at radius 1 is 1.43 bits per heavy atom. The number of amides is 1. The molecule has 4 nitrogen and oxygen atoms in total. The van der Waals surface area contributed by atoms with Gasteiger partial charge in [0.2, 0.25) is 0 Å². The van der Waals surface area contributed by atoms with Crippen molar-refractivity contribution in [2.45, 2.75) is 0 Å². The van der Waals surface area contributed by atoms with Gasteiger partial charge in [0, 0.05) is 0 Å². The van der Waals surface area contributed by atoms with Crippen LogP contribution in [0.2, 0.25) is 0 Å². The summed E-state index contributed by atoms with van der Waals surface area (Å²) in [7, 11) is 0. The van der Waals surface area contributed by atoms with Gasteiger partial charge in [-0.2, -0.15) is 5.10 Å². The molecule has 0 aromatic heterocycles. The van der Waals surface area contributed by atoms with Crippen molar-refractivity contribution in [2.24, 2.45) is 5.10 Å². The van der Waals surface area contributed by atoms with Gasteiger partial charge in [0.25, 0.3) is 5.78 Å². The van der Waals surface area contributed by atoms with Crippen LogP contribution in [0.3, 0.4) is 0 Å². The summed E-state index contributed by atoms with van der Waals surface area (Å²) in [5.41, 5.74) is 2.90. The number of ketones is 1. The Labute approximate surface area is 39.2 Å². The van der Waals surface area contributed by atoms with E-state index in [1.807, 2.05) is 0 Å². The van der Waals surface area contributed by atoms with Gasteiger partial charge in [0.05, 0.1) is 0 Å². The quantitative estimate of drug-likeness (QED) is 0.352. The molecule has 0 spiro atoms. The number of hydrogen-bond donors (Lipinski definition) is 0. The maximum absolute atomic E-state index is 9.98. The Kier molecular flexibility index (Phi) is 0.651. The molecule has 0 saturated carbocycles. The van der Waals surface area contributed by atoms with Crippen LogP contribution in [0.5, 0.6) is 0 Å². The van der Waals surface area contributed by atoms with Crippen molar-refractivity contribution in [1.29, 1.82) is 0 Å². The minimum absolute atomic E-state index is 0.639. The van der Waals surface area contributed by atoms with Crippen molar-refractivity contribution in [3.63, 3.8) is 0 Å². The first-order valence-corrected chi connectivity index (χ1v) is 1.63. The molecular weight excluding hydrogens is 96.0 g/mol. The summed E-state index contributed by atoms with van der Waals surface area (Å²) in [6.45, 7) is 0. The zero-order valence-electron chi connectivity index (χ0n) is 3.29. The van der Waals surface area contributed by atoms with Gasteiger partial charge in [0.1, 0.15) is 6.21 Å². The molecule has 0 aromatic rings. The second-order valence-corrected chi connectivity index (χ2v) is 1.01. The van der Waals surface area contributed by atoms with E-state index in [0.29, 0.717) is 0 Å².